The third-order valence-electron chi connectivity index (χ3n) is 2.71. The number of methoxy groups -OCH3 is 1. The second-order valence-electron chi connectivity index (χ2n) is 4.48. The van der Waals surface area contributed by atoms with E-state index < -0.39 is 11.4 Å². The van der Waals surface area contributed by atoms with Crippen LogP contribution in [-0.2, 0) is 20.7 Å². The van der Waals surface area contributed by atoms with Crippen molar-refractivity contribution in [2.75, 3.05) is 13.7 Å². The van der Waals surface area contributed by atoms with Crippen LogP contribution < -0.4 is 5.32 Å². The maximum absolute atomic E-state index is 11.8. The first kappa shape index (κ1) is 14.2. The molecular weight excluding hydrogens is 232 g/mol. The molecule has 0 aliphatic heterocycles. The molecule has 0 radical (unpaired) electrons. The highest BCUT2D eigenvalue weighted by molar-refractivity contribution is 6.01. The van der Waals surface area contributed by atoms with Gasteiger partial charge >= 0.3 is 5.97 Å². The highest BCUT2D eigenvalue weighted by Gasteiger charge is 2.36. The summed E-state index contributed by atoms with van der Waals surface area (Å²) in [5.74, 6) is -0.868. The van der Waals surface area contributed by atoms with Crippen molar-refractivity contribution >= 4 is 11.9 Å². The zero-order valence-corrected chi connectivity index (χ0v) is 10.9. The average molecular weight is 250 g/mol. The number of rotatable bonds is 5. The van der Waals surface area contributed by atoms with Gasteiger partial charge in [0.25, 0.3) is 0 Å². The fourth-order valence-electron chi connectivity index (χ4n) is 1.44. The molecule has 0 saturated carbocycles. The molecular formula is C13H18N2O3. The van der Waals surface area contributed by atoms with Crippen molar-refractivity contribution in [3.8, 4) is 0 Å². The van der Waals surface area contributed by atoms with Crippen molar-refractivity contribution in [3.63, 3.8) is 0 Å². The molecule has 0 spiro atoms. The summed E-state index contributed by atoms with van der Waals surface area (Å²) in [6.45, 7) is 3.56. The zero-order valence-electron chi connectivity index (χ0n) is 10.9. The minimum Gasteiger partial charge on any atom is -0.468 e. The Labute approximate surface area is 107 Å². The van der Waals surface area contributed by atoms with Gasteiger partial charge in [-0.25, -0.2) is 0 Å². The molecule has 0 atom stereocenters. The van der Waals surface area contributed by atoms with Gasteiger partial charge in [0.05, 0.1) is 7.11 Å². The molecule has 1 N–H and O–H groups in total. The molecule has 98 valence electrons. The fourth-order valence-corrected chi connectivity index (χ4v) is 1.44. The molecule has 0 aliphatic rings. The quantitative estimate of drug-likeness (QED) is 0.624. The molecule has 1 heterocycles. The van der Waals surface area contributed by atoms with Crippen LogP contribution in [0.25, 0.3) is 0 Å². The van der Waals surface area contributed by atoms with Gasteiger partial charge in [0.2, 0.25) is 5.91 Å². The standard InChI is InChI=1S/C13H18N2O3/c1-13(2,12(17)18-3)11(16)15-9-6-10-4-7-14-8-5-10/h4-5,7-8H,6,9H2,1-3H3,(H,15,16). The zero-order chi connectivity index (χ0) is 13.6. The maximum Gasteiger partial charge on any atom is 0.320 e. The van der Waals surface area contributed by atoms with Gasteiger partial charge in [-0.3, -0.25) is 14.6 Å². The Morgan fingerprint density at radius 3 is 2.50 bits per heavy atom. The first-order valence-electron chi connectivity index (χ1n) is 5.74. The van der Waals surface area contributed by atoms with Gasteiger partial charge in [-0.2, -0.15) is 0 Å². The first-order valence-corrected chi connectivity index (χ1v) is 5.74. The van der Waals surface area contributed by atoms with Gasteiger partial charge in [-0.15, -0.1) is 0 Å². The normalized spacial score (nSPS) is 10.8. The van der Waals surface area contributed by atoms with Crippen LogP contribution in [0.5, 0.6) is 0 Å². The summed E-state index contributed by atoms with van der Waals surface area (Å²) >= 11 is 0. The number of carbonyl (C=O) groups is 2. The van der Waals surface area contributed by atoms with E-state index in [0.717, 1.165) is 5.56 Å². The lowest BCUT2D eigenvalue weighted by Crippen LogP contribution is -2.43. The number of amides is 1. The number of ether oxygens (including phenoxy) is 1. The Kier molecular flexibility index (Phi) is 4.83. The summed E-state index contributed by atoms with van der Waals surface area (Å²) in [6.07, 6.45) is 4.11. The van der Waals surface area contributed by atoms with E-state index in [9.17, 15) is 9.59 Å². The van der Waals surface area contributed by atoms with Crippen LogP contribution in [0.1, 0.15) is 19.4 Å². The van der Waals surface area contributed by atoms with E-state index in [1.54, 1.807) is 26.2 Å². The number of hydrogen-bond acceptors (Lipinski definition) is 4. The van der Waals surface area contributed by atoms with Gasteiger partial charge in [-0.1, -0.05) is 0 Å². The average Bonchev–Trinajstić information content (AvgIpc) is 2.38. The van der Waals surface area contributed by atoms with Gasteiger partial charge in [-0.05, 0) is 38.0 Å². The van der Waals surface area contributed by atoms with Gasteiger partial charge in [0.15, 0.2) is 0 Å². The molecule has 0 aliphatic carbocycles. The molecule has 1 amide bonds. The monoisotopic (exact) mass is 250 g/mol. The molecule has 0 bridgehead atoms. The summed E-state index contributed by atoms with van der Waals surface area (Å²) < 4.78 is 4.59. The molecule has 0 unspecified atom stereocenters. The van der Waals surface area contributed by atoms with Crippen LogP contribution in [0.3, 0.4) is 0 Å². The SMILES string of the molecule is COC(=O)C(C)(C)C(=O)NCCc1ccncc1. The smallest absolute Gasteiger partial charge is 0.320 e. The molecule has 1 aromatic heterocycles. The Morgan fingerprint density at radius 2 is 1.94 bits per heavy atom. The lowest BCUT2D eigenvalue weighted by molar-refractivity contribution is -0.156. The lowest BCUT2D eigenvalue weighted by Gasteiger charge is -2.20. The first-order chi connectivity index (χ1) is 8.48. The number of pyridine rings is 1. The van der Waals surface area contributed by atoms with Crippen molar-refractivity contribution in [1.82, 2.24) is 10.3 Å². The fraction of sp³-hybridized carbons (Fsp3) is 0.462. The predicted octanol–water partition coefficient (Wildman–Crippen LogP) is 0.939. The van der Waals surface area contributed by atoms with Gasteiger partial charge in [0.1, 0.15) is 5.41 Å². The molecule has 1 rings (SSSR count). The van der Waals surface area contributed by atoms with E-state index in [-0.39, 0.29) is 5.91 Å². The largest absolute Gasteiger partial charge is 0.468 e. The van der Waals surface area contributed by atoms with Crippen LogP contribution in [0, 0.1) is 5.41 Å². The van der Waals surface area contributed by atoms with E-state index in [1.807, 2.05) is 12.1 Å². The van der Waals surface area contributed by atoms with Gasteiger partial charge < -0.3 is 10.1 Å². The number of nitrogens with zero attached hydrogens (tertiary/aromatic N) is 1. The molecule has 18 heavy (non-hydrogen) atoms. The lowest BCUT2D eigenvalue weighted by atomic mass is 9.92. The van der Waals surface area contributed by atoms with Crippen molar-refractivity contribution in [1.29, 1.82) is 0 Å². The molecule has 0 aromatic carbocycles. The van der Waals surface area contributed by atoms with E-state index in [1.165, 1.54) is 7.11 Å². The minimum atomic E-state index is -1.16. The molecule has 0 fully saturated rings. The Bertz CT molecular complexity index is 416. The molecule has 1 aromatic rings. The van der Waals surface area contributed by atoms with Crippen LogP contribution in [0.4, 0.5) is 0 Å². The Balaban J connectivity index is 2.44. The second kappa shape index (κ2) is 6.14. The number of carbonyl (C=O) groups excluding carboxylic acids is 2. The number of hydrogen-bond donors (Lipinski definition) is 1. The topological polar surface area (TPSA) is 68.3 Å². The Morgan fingerprint density at radius 1 is 1.33 bits per heavy atom. The third kappa shape index (κ3) is 3.55. The maximum atomic E-state index is 11.8. The number of esters is 1. The minimum absolute atomic E-state index is 0.330. The number of aromatic nitrogens is 1. The van der Waals surface area contributed by atoms with E-state index in [0.29, 0.717) is 13.0 Å². The third-order valence-corrected chi connectivity index (χ3v) is 2.71. The van der Waals surface area contributed by atoms with Crippen molar-refractivity contribution in [2.45, 2.75) is 20.3 Å². The summed E-state index contributed by atoms with van der Waals surface area (Å²) in [5, 5.41) is 2.73. The molecule has 5 nitrogen and oxygen atoms in total. The Hall–Kier alpha value is -1.91. The summed E-state index contributed by atoms with van der Waals surface area (Å²) in [6, 6.07) is 3.77. The van der Waals surface area contributed by atoms with Crippen molar-refractivity contribution < 1.29 is 14.3 Å². The van der Waals surface area contributed by atoms with E-state index in [2.05, 4.69) is 15.0 Å². The molecule has 5 heteroatoms. The van der Waals surface area contributed by atoms with Gasteiger partial charge in [0, 0.05) is 18.9 Å². The van der Waals surface area contributed by atoms with E-state index >= 15 is 0 Å². The summed E-state index contributed by atoms with van der Waals surface area (Å²) in [5.41, 5.74) is -0.0753. The van der Waals surface area contributed by atoms with Crippen LogP contribution in [0.2, 0.25) is 0 Å². The van der Waals surface area contributed by atoms with Crippen molar-refractivity contribution in [2.24, 2.45) is 5.41 Å². The predicted molar refractivity (Wildman–Crippen MR) is 66.7 cm³/mol. The second-order valence-corrected chi connectivity index (χ2v) is 4.48. The summed E-state index contributed by atoms with van der Waals surface area (Å²) in [7, 11) is 1.27. The highest BCUT2D eigenvalue weighted by Crippen LogP contribution is 2.16. The van der Waals surface area contributed by atoms with Crippen LogP contribution in [-0.4, -0.2) is 30.5 Å². The van der Waals surface area contributed by atoms with Crippen LogP contribution in [0.15, 0.2) is 24.5 Å². The van der Waals surface area contributed by atoms with Crippen LogP contribution >= 0.6 is 0 Å². The number of nitrogens with one attached hydrogen (secondary N) is 1. The molecule has 0 saturated heterocycles. The van der Waals surface area contributed by atoms with E-state index in [4.69, 9.17) is 0 Å². The van der Waals surface area contributed by atoms with Crippen molar-refractivity contribution in [3.05, 3.63) is 30.1 Å². The summed E-state index contributed by atoms with van der Waals surface area (Å²) in [4.78, 5) is 27.2. The highest BCUT2D eigenvalue weighted by atomic mass is 16.5.